The molecule has 0 spiro atoms. The molecule has 0 saturated heterocycles. The molecule has 0 heterocycles. The van der Waals surface area contributed by atoms with Gasteiger partial charge in [-0.2, -0.15) is 0 Å². The highest BCUT2D eigenvalue weighted by atomic mass is 31.2. The van der Waals surface area contributed by atoms with Crippen molar-refractivity contribution in [3.05, 3.63) is 11.6 Å². The van der Waals surface area contributed by atoms with Crippen LogP contribution in [0.1, 0.15) is 112 Å². The molecule has 4 aliphatic carbocycles. The van der Waals surface area contributed by atoms with Gasteiger partial charge in [0.25, 0.3) is 0 Å². The normalized spacial score (nSPS) is 34.7. The number of rotatable bonds is 17. The van der Waals surface area contributed by atoms with Gasteiger partial charge in [0.2, 0.25) is 0 Å². The van der Waals surface area contributed by atoms with E-state index in [4.69, 9.17) is 23.6 Å². The van der Waals surface area contributed by atoms with Gasteiger partial charge in [-0.1, -0.05) is 65.5 Å². The smallest absolute Gasteiger partial charge is 0.407 e. The van der Waals surface area contributed by atoms with Gasteiger partial charge in [-0.15, -0.1) is 0 Å². The minimum Gasteiger partial charge on any atom is -0.446 e. The topological polar surface area (TPSA) is 103 Å². The summed E-state index contributed by atoms with van der Waals surface area (Å²) in [5, 5.41) is 2.89. The zero-order chi connectivity index (χ0) is 32.7. The molecular weight excluding hydrogens is 589 g/mol. The summed E-state index contributed by atoms with van der Waals surface area (Å²) < 4.78 is 32.5. The van der Waals surface area contributed by atoms with Crippen LogP contribution in [0.3, 0.4) is 0 Å². The molecule has 0 aromatic rings. The Balaban J connectivity index is 1.16. The highest BCUT2D eigenvalue weighted by Gasteiger charge is 2.59. The quantitative estimate of drug-likeness (QED) is 0.0924. The van der Waals surface area contributed by atoms with E-state index < -0.39 is 7.60 Å². The van der Waals surface area contributed by atoms with E-state index in [2.05, 4.69) is 46.0 Å². The van der Waals surface area contributed by atoms with Crippen LogP contribution in [-0.2, 0) is 23.3 Å². The van der Waals surface area contributed by atoms with Crippen molar-refractivity contribution in [1.82, 2.24) is 5.32 Å². The average molecular weight is 654 g/mol. The molecule has 0 radical (unpaired) electrons. The van der Waals surface area contributed by atoms with Gasteiger partial charge in [0, 0.05) is 26.2 Å². The van der Waals surface area contributed by atoms with Crippen molar-refractivity contribution in [3.63, 3.8) is 0 Å². The van der Waals surface area contributed by atoms with Crippen molar-refractivity contribution in [2.24, 2.45) is 46.3 Å². The molecule has 2 N–H and O–H groups in total. The summed E-state index contributed by atoms with van der Waals surface area (Å²) in [5.74, 6) is 5.00. The van der Waals surface area contributed by atoms with Gasteiger partial charge in [-0.25, -0.2) is 4.79 Å². The fraction of sp³-hybridized carbons (Fsp3) is 0.917. The molecule has 0 aromatic heterocycles. The maximum absolute atomic E-state index is 12.6. The largest absolute Gasteiger partial charge is 0.446 e. The molecule has 9 heteroatoms. The molecule has 1 amide bonds. The Morgan fingerprint density at radius 3 is 2.44 bits per heavy atom. The number of alkyl carbamates (subject to hydrolysis) is 1. The second-order valence-electron chi connectivity index (χ2n) is 15.7. The first-order valence-corrected chi connectivity index (χ1v) is 20.1. The van der Waals surface area contributed by atoms with Crippen LogP contribution in [-0.4, -0.2) is 63.3 Å². The lowest BCUT2D eigenvalue weighted by molar-refractivity contribution is -0.0581. The number of allylic oxidation sites excluding steroid dienone is 1. The van der Waals surface area contributed by atoms with E-state index in [0.717, 1.165) is 61.4 Å². The maximum atomic E-state index is 12.6. The van der Waals surface area contributed by atoms with Crippen LogP contribution in [0.25, 0.3) is 0 Å². The fourth-order valence-corrected chi connectivity index (χ4v) is 10.3. The molecule has 9 atom stereocenters. The molecule has 4 rings (SSSR count). The highest BCUT2D eigenvalue weighted by Crippen LogP contribution is 2.67. The Bertz CT molecular complexity index is 1030. The Kier molecular flexibility index (Phi) is 13.5. The van der Waals surface area contributed by atoms with Gasteiger partial charge >= 0.3 is 13.7 Å². The highest BCUT2D eigenvalue weighted by molar-refractivity contribution is 7.51. The van der Waals surface area contributed by atoms with Crippen LogP contribution >= 0.6 is 7.60 Å². The monoisotopic (exact) mass is 653 g/mol. The summed E-state index contributed by atoms with van der Waals surface area (Å²) in [6, 6.07) is 0. The summed E-state index contributed by atoms with van der Waals surface area (Å²) in [7, 11) is -3.45. The number of nitrogens with one attached hydrogen (secondary N) is 1. The van der Waals surface area contributed by atoms with Crippen molar-refractivity contribution in [3.8, 4) is 0 Å². The zero-order valence-electron chi connectivity index (χ0n) is 29.2. The molecule has 0 aromatic carbocycles. The number of carbonyl (C=O) groups is 1. The number of ether oxygens (including phenoxy) is 3. The first-order valence-electron chi connectivity index (χ1n) is 18.1. The Labute approximate surface area is 273 Å². The zero-order valence-corrected chi connectivity index (χ0v) is 30.1. The molecule has 9 unspecified atom stereocenters. The first-order chi connectivity index (χ1) is 21.3. The third-order valence-corrected chi connectivity index (χ3v) is 12.9. The number of hydrogen-bond acceptors (Lipinski definition) is 6. The predicted molar refractivity (Wildman–Crippen MR) is 179 cm³/mol. The Morgan fingerprint density at radius 2 is 1.71 bits per heavy atom. The number of hydrogen-bond donors (Lipinski definition) is 2. The summed E-state index contributed by atoms with van der Waals surface area (Å²) in [6.45, 7) is 15.8. The van der Waals surface area contributed by atoms with Gasteiger partial charge in [0.05, 0.1) is 26.4 Å². The lowest BCUT2D eigenvalue weighted by atomic mass is 9.47. The van der Waals surface area contributed by atoms with Crippen LogP contribution in [0.2, 0.25) is 0 Å². The van der Waals surface area contributed by atoms with Crippen molar-refractivity contribution >= 4 is 13.7 Å². The van der Waals surface area contributed by atoms with Crippen LogP contribution < -0.4 is 5.32 Å². The third-order valence-electron chi connectivity index (χ3n) is 12.2. The van der Waals surface area contributed by atoms with Crippen molar-refractivity contribution < 1.29 is 33.0 Å². The van der Waals surface area contributed by atoms with E-state index in [-0.39, 0.29) is 30.8 Å². The number of carbonyl (C=O) groups excluding carboxylic acids is 1. The first kappa shape index (κ1) is 36.9. The summed E-state index contributed by atoms with van der Waals surface area (Å²) in [5.41, 5.74) is 2.32. The van der Waals surface area contributed by atoms with E-state index in [9.17, 15) is 9.36 Å². The van der Waals surface area contributed by atoms with Gasteiger partial charge in [0.15, 0.2) is 0 Å². The van der Waals surface area contributed by atoms with Crippen molar-refractivity contribution in [2.45, 2.75) is 118 Å². The van der Waals surface area contributed by atoms with Crippen molar-refractivity contribution in [1.29, 1.82) is 0 Å². The second kappa shape index (κ2) is 16.5. The molecular formula is C36H64NO7P. The number of amides is 1. The van der Waals surface area contributed by atoms with Crippen LogP contribution in [0.5, 0.6) is 0 Å². The standard InChI is InChI=1S/C36H64NO7P/c1-26(2)9-7-10-27(3)31-13-14-32-30-12-11-28-25-29(15-17-35(28,4)33(30)16-18-36(31,32)5)44-34(38)37-19-8-20-41-21-22-42-23-24-43-45(6,39)40/h11,26-27,29-33H,7-10,12-25H2,1-6H3,(H,37,38)(H,39,40). The summed E-state index contributed by atoms with van der Waals surface area (Å²) in [6.07, 6.45) is 16.8. The van der Waals surface area contributed by atoms with E-state index >= 15 is 0 Å². The molecule has 3 saturated carbocycles. The van der Waals surface area contributed by atoms with E-state index in [1.54, 1.807) is 5.57 Å². The fourth-order valence-electron chi connectivity index (χ4n) is 9.90. The molecule has 0 bridgehead atoms. The Morgan fingerprint density at radius 1 is 0.978 bits per heavy atom. The number of fused-ring (bicyclic) bond motifs is 5. The Hall–Kier alpha value is -0.920. The van der Waals surface area contributed by atoms with Crippen molar-refractivity contribution in [2.75, 3.05) is 46.2 Å². The molecule has 0 aliphatic heterocycles. The summed E-state index contributed by atoms with van der Waals surface area (Å²) >= 11 is 0. The molecule has 8 nitrogen and oxygen atoms in total. The SMILES string of the molecule is CC(C)CCCC(C)C1CCC2C3CC=C4CC(OC(=O)NCCCOCCOCCOP(C)(=O)O)CCC4(C)C3CCC12C. The molecule has 260 valence electrons. The van der Waals surface area contributed by atoms with E-state index in [1.165, 1.54) is 51.4 Å². The molecule has 45 heavy (non-hydrogen) atoms. The van der Waals surface area contributed by atoms with E-state index in [0.29, 0.717) is 38.2 Å². The van der Waals surface area contributed by atoms with Crippen LogP contribution in [0, 0.1) is 46.3 Å². The minimum absolute atomic E-state index is 0.0397. The minimum atomic E-state index is -3.45. The lowest BCUT2D eigenvalue weighted by Crippen LogP contribution is -2.51. The lowest BCUT2D eigenvalue weighted by Gasteiger charge is -2.58. The van der Waals surface area contributed by atoms with Crippen LogP contribution in [0.15, 0.2) is 11.6 Å². The summed E-state index contributed by atoms with van der Waals surface area (Å²) in [4.78, 5) is 21.6. The second-order valence-corrected chi connectivity index (χ2v) is 17.6. The van der Waals surface area contributed by atoms with E-state index in [1.807, 2.05) is 0 Å². The molecule has 4 aliphatic rings. The van der Waals surface area contributed by atoms with Gasteiger partial charge < -0.3 is 28.9 Å². The van der Waals surface area contributed by atoms with Gasteiger partial charge in [-0.3, -0.25) is 4.57 Å². The van der Waals surface area contributed by atoms with Crippen LogP contribution in [0.4, 0.5) is 4.79 Å². The maximum Gasteiger partial charge on any atom is 0.407 e. The van der Waals surface area contributed by atoms with Gasteiger partial charge in [-0.05, 0) is 97.7 Å². The molecule has 3 fully saturated rings. The third kappa shape index (κ3) is 9.81. The average Bonchev–Trinajstić information content (AvgIpc) is 3.32. The predicted octanol–water partition coefficient (Wildman–Crippen LogP) is 8.38. The van der Waals surface area contributed by atoms with Gasteiger partial charge in [0.1, 0.15) is 6.10 Å².